The minimum absolute atomic E-state index is 0.377. The predicted molar refractivity (Wildman–Crippen MR) is 38.0 cm³/mol. The van der Waals surface area contributed by atoms with Gasteiger partial charge in [0.05, 0.1) is 0 Å². The zero-order chi connectivity index (χ0) is 7.72. The van der Waals surface area contributed by atoms with Gasteiger partial charge in [0, 0.05) is 11.1 Å². The lowest BCUT2D eigenvalue weighted by molar-refractivity contribution is -0.111. The summed E-state index contributed by atoms with van der Waals surface area (Å²) in [6.07, 6.45) is 1.16. The molecular formula is C6H4Cl2O2. The van der Waals surface area contributed by atoms with E-state index in [2.05, 4.69) is 0 Å². The Bertz CT molecular complexity index is 206. The van der Waals surface area contributed by atoms with Crippen molar-refractivity contribution in [2.45, 2.75) is 12.8 Å². The molecule has 0 N–H and O–H groups in total. The van der Waals surface area contributed by atoms with Crippen molar-refractivity contribution < 1.29 is 9.59 Å². The van der Waals surface area contributed by atoms with Crippen LogP contribution in [-0.2, 0) is 9.59 Å². The van der Waals surface area contributed by atoms with Crippen LogP contribution < -0.4 is 0 Å². The van der Waals surface area contributed by atoms with E-state index in [0.717, 1.165) is 0 Å². The summed E-state index contributed by atoms with van der Waals surface area (Å²) < 4.78 is 0. The molecule has 0 bridgehead atoms. The second-order valence-corrected chi connectivity index (χ2v) is 2.69. The molecule has 1 aliphatic rings. The summed E-state index contributed by atoms with van der Waals surface area (Å²) in [5, 5.41) is -1.12. The van der Waals surface area contributed by atoms with E-state index >= 15 is 0 Å². The molecule has 4 heteroatoms. The fourth-order valence-electron chi connectivity index (χ4n) is 0.809. The van der Waals surface area contributed by atoms with Gasteiger partial charge >= 0.3 is 0 Å². The van der Waals surface area contributed by atoms with E-state index in [9.17, 15) is 9.59 Å². The van der Waals surface area contributed by atoms with Crippen molar-refractivity contribution in [2.24, 2.45) is 0 Å². The minimum atomic E-state index is -0.560. The molecule has 54 valence electrons. The van der Waals surface area contributed by atoms with Crippen LogP contribution in [-0.4, -0.2) is 10.5 Å². The Labute approximate surface area is 67.8 Å². The van der Waals surface area contributed by atoms with Crippen molar-refractivity contribution in [3.63, 3.8) is 0 Å². The number of allylic oxidation sites excluding steroid dienone is 2. The van der Waals surface area contributed by atoms with Crippen molar-refractivity contribution in [1.82, 2.24) is 0 Å². The van der Waals surface area contributed by atoms with Crippen LogP contribution in [0.4, 0.5) is 0 Å². The monoisotopic (exact) mass is 178 g/mol. The van der Waals surface area contributed by atoms with E-state index in [1.165, 1.54) is 0 Å². The van der Waals surface area contributed by atoms with E-state index in [4.69, 9.17) is 23.2 Å². The lowest BCUT2D eigenvalue weighted by atomic mass is 9.90. The molecule has 10 heavy (non-hydrogen) atoms. The van der Waals surface area contributed by atoms with Gasteiger partial charge < -0.3 is 0 Å². The molecule has 0 heterocycles. The van der Waals surface area contributed by atoms with Gasteiger partial charge in [-0.15, -0.1) is 0 Å². The quantitative estimate of drug-likeness (QED) is 0.603. The van der Waals surface area contributed by atoms with E-state index in [0.29, 0.717) is 24.0 Å². The minimum Gasteiger partial charge on any atom is -0.276 e. The van der Waals surface area contributed by atoms with Gasteiger partial charge in [0.15, 0.2) is 0 Å². The van der Waals surface area contributed by atoms with Crippen molar-refractivity contribution in [2.75, 3.05) is 0 Å². The number of hydrogen-bond acceptors (Lipinski definition) is 2. The molecule has 0 atom stereocenters. The van der Waals surface area contributed by atoms with Gasteiger partial charge in [-0.1, -0.05) is 0 Å². The topological polar surface area (TPSA) is 34.1 Å². The molecule has 0 aromatic heterocycles. The molecule has 0 saturated carbocycles. The Balaban J connectivity index is 2.87. The van der Waals surface area contributed by atoms with Crippen LogP contribution in [0.2, 0.25) is 0 Å². The van der Waals surface area contributed by atoms with Gasteiger partial charge in [0.2, 0.25) is 10.5 Å². The first-order chi connectivity index (χ1) is 4.63. The first-order valence-electron chi connectivity index (χ1n) is 2.74. The van der Waals surface area contributed by atoms with Crippen molar-refractivity contribution in [1.29, 1.82) is 0 Å². The summed E-state index contributed by atoms with van der Waals surface area (Å²) in [4.78, 5) is 20.9. The molecule has 0 fully saturated rings. The highest BCUT2D eigenvalue weighted by Crippen LogP contribution is 2.30. The average molecular weight is 179 g/mol. The van der Waals surface area contributed by atoms with E-state index in [-0.39, 0.29) is 0 Å². The second-order valence-electron chi connectivity index (χ2n) is 2.00. The summed E-state index contributed by atoms with van der Waals surface area (Å²) >= 11 is 10.2. The summed E-state index contributed by atoms with van der Waals surface area (Å²) in [7, 11) is 0. The largest absolute Gasteiger partial charge is 0.276 e. The third-order valence-electron chi connectivity index (χ3n) is 1.46. The molecule has 0 amide bonds. The molecular weight excluding hydrogens is 175 g/mol. The Kier molecular flexibility index (Phi) is 2.11. The molecule has 0 aromatic carbocycles. The molecule has 0 spiro atoms. The molecule has 0 unspecified atom stereocenters. The highest BCUT2D eigenvalue weighted by atomic mass is 35.5. The van der Waals surface area contributed by atoms with Crippen molar-refractivity contribution in [3.05, 3.63) is 11.1 Å². The SMILES string of the molecule is O=C(Cl)C1=C(C(=O)Cl)CC1. The predicted octanol–water partition coefficient (Wildman–Crippen LogP) is 1.61. The van der Waals surface area contributed by atoms with E-state index < -0.39 is 10.5 Å². The third kappa shape index (κ3) is 1.22. The van der Waals surface area contributed by atoms with Crippen LogP contribution >= 0.6 is 23.2 Å². The highest BCUT2D eigenvalue weighted by molar-refractivity contribution is 6.71. The zero-order valence-electron chi connectivity index (χ0n) is 4.99. The van der Waals surface area contributed by atoms with Crippen molar-refractivity contribution >= 4 is 33.7 Å². The van der Waals surface area contributed by atoms with Crippen molar-refractivity contribution in [3.8, 4) is 0 Å². The maximum atomic E-state index is 10.4. The summed E-state index contributed by atoms with van der Waals surface area (Å²) in [6.45, 7) is 0. The maximum Gasteiger partial charge on any atom is 0.248 e. The fourth-order valence-corrected chi connectivity index (χ4v) is 1.23. The second kappa shape index (κ2) is 2.72. The molecule has 0 aliphatic heterocycles. The zero-order valence-corrected chi connectivity index (χ0v) is 6.50. The number of rotatable bonds is 2. The Morgan fingerprint density at radius 3 is 1.40 bits per heavy atom. The smallest absolute Gasteiger partial charge is 0.248 e. The van der Waals surface area contributed by atoms with Crippen LogP contribution in [0.25, 0.3) is 0 Å². The highest BCUT2D eigenvalue weighted by Gasteiger charge is 2.25. The summed E-state index contributed by atoms with van der Waals surface area (Å²) in [6, 6.07) is 0. The first kappa shape index (κ1) is 7.76. The van der Waals surface area contributed by atoms with Gasteiger partial charge in [-0.2, -0.15) is 0 Å². The van der Waals surface area contributed by atoms with Gasteiger partial charge in [0.25, 0.3) is 0 Å². The van der Waals surface area contributed by atoms with Crippen LogP contribution in [0, 0.1) is 0 Å². The molecule has 0 radical (unpaired) electrons. The number of carbonyl (C=O) groups excluding carboxylic acids is 2. The van der Waals surface area contributed by atoms with E-state index in [1.54, 1.807) is 0 Å². The van der Waals surface area contributed by atoms with Gasteiger partial charge in [-0.25, -0.2) is 0 Å². The van der Waals surface area contributed by atoms with Crippen LogP contribution in [0.5, 0.6) is 0 Å². The molecule has 0 aromatic rings. The lowest BCUT2D eigenvalue weighted by Crippen LogP contribution is -2.13. The molecule has 1 rings (SSSR count). The normalized spacial score (nSPS) is 16.6. The molecule has 1 aliphatic carbocycles. The van der Waals surface area contributed by atoms with Crippen LogP contribution in [0.15, 0.2) is 11.1 Å². The fraction of sp³-hybridized carbons (Fsp3) is 0.333. The Morgan fingerprint density at radius 2 is 1.30 bits per heavy atom. The standard InChI is InChI=1S/C6H4Cl2O2/c7-5(9)3-1-2-4(3)6(8)10/h1-2H2. The maximum absolute atomic E-state index is 10.4. The number of carbonyl (C=O) groups is 2. The average Bonchev–Trinajstić information content (AvgIpc) is 1.56. The number of hydrogen-bond donors (Lipinski definition) is 0. The summed E-state index contributed by atoms with van der Waals surface area (Å²) in [5.74, 6) is 0. The lowest BCUT2D eigenvalue weighted by Gasteiger charge is -2.16. The van der Waals surface area contributed by atoms with Crippen LogP contribution in [0.1, 0.15) is 12.8 Å². The van der Waals surface area contributed by atoms with E-state index in [1.807, 2.05) is 0 Å². The van der Waals surface area contributed by atoms with Gasteiger partial charge in [-0.3, -0.25) is 9.59 Å². The van der Waals surface area contributed by atoms with Gasteiger partial charge in [-0.05, 0) is 36.0 Å². The van der Waals surface area contributed by atoms with Crippen LogP contribution in [0.3, 0.4) is 0 Å². The van der Waals surface area contributed by atoms with Gasteiger partial charge in [0.1, 0.15) is 0 Å². The molecule has 0 saturated heterocycles. The molecule has 2 nitrogen and oxygen atoms in total. The third-order valence-corrected chi connectivity index (χ3v) is 1.92. The summed E-state index contributed by atoms with van der Waals surface area (Å²) in [5.41, 5.74) is 0.753. The Morgan fingerprint density at radius 1 is 1.00 bits per heavy atom. The number of halogens is 2. The Hall–Kier alpha value is -0.340. The first-order valence-corrected chi connectivity index (χ1v) is 3.50.